The fraction of sp³-hybridized carbons (Fsp3) is 0.688. The van der Waals surface area contributed by atoms with Gasteiger partial charge in [0.1, 0.15) is 11.5 Å². The molecule has 2 atom stereocenters. The molecular weight excluding hydrogens is 373 g/mol. The van der Waals surface area contributed by atoms with Gasteiger partial charge in [-0.1, -0.05) is 0 Å². The van der Waals surface area contributed by atoms with Crippen LogP contribution in [0.1, 0.15) is 24.4 Å². The highest BCUT2D eigenvalue weighted by molar-refractivity contribution is 7.91. The van der Waals surface area contributed by atoms with Crippen LogP contribution in [0.4, 0.5) is 13.2 Å². The van der Waals surface area contributed by atoms with Crippen LogP contribution in [0.25, 0.3) is 0 Å². The van der Waals surface area contributed by atoms with Gasteiger partial charge < -0.3 is 9.32 Å². The van der Waals surface area contributed by atoms with Crippen LogP contribution in [0, 0.1) is 6.92 Å². The number of nitrogens with zero attached hydrogens (tertiary/aromatic N) is 2. The third-order valence-electron chi connectivity index (χ3n) is 4.89. The lowest BCUT2D eigenvalue weighted by atomic mass is 10.0. The lowest BCUT2D eigenvalue weighted by Crippen LogP contribution is -2.60. The Labute approximate surface area is 149 Å². The topological polar surface area (TPSA) is 70.8 Å². The van der Waals surface area contributed by atoms with Crippen molar-refractivity contribution in [2.75, 3.05) is 24.6 Å². The number of furan rings is 1. The standard InChI is InChI=1S/C16H21F3N2O4S/c1-11-2-3-12(25-11)8-20-6-7-21(15(22)4-5-16(17,18)19)14-10-26(23,24)9-13(14)20/h2-3,13-14H,4-10H2,1H3/t13-,14+/m1/s1. The van der Waals surface area contributed by atoms with E-state index in [-0.39, 0.29) is 18.1 Å². The first-order chi connectivity index (χ1) is 12.0. The van der Waals surface area contributed by atoms with E-state index >= 15 is 0 Å². The molecule has 0 saturated carbocycles. The SMILES string of the molecule is Cc1ccc(CN2CCN(C(=O)CCC(F)(F)F)[C@H]3CS(=O)(=O)C[C@H]32)o1. The summed E-state index contributed by atoms with van der Waals surface area (Å²) in [5.74, 6) is 0.505. The molecular formula is C16H21F3N2O4S. The number of amides is 1. The molecule has 146 valence electrons. The van der Waals surface area contributed by atoms with E-state index in [2.05, 4.69) is 0 Å². The van der Waals surface area contributed by atoms with Gasteiger partial charge in [0, 0.05) is 25.6 Å². The van der Waals surface area contributed by atoms with Gasteiger partial charge in [-0.25, -0.2) is 8.42 Å². The fourth-order valence-corrected chi connectivity index (χ4v) is 5.71. The molecule has 2 aliphatic heterocycles. The molecule has 3 rings (SSSR count). The summed E-state index contributed by atoms with van der Waals surface area (Å²) in [6, 6.07) is 2.60. The van der Waals surface area contributed by atoms with Crippen molar-refractivity contribution in [1.29, 1.82) is 0 Å². The molecule has 1 aromatic heterocycles. The second-order valence-corrected chi connectivity index (χ2v) is 9.05. The van der Waals surface area contributed by atoms with E-state index in [9.17, 15) is 26.4 Å². The molecule has 0 aromatic carbocycles. The van der Waals surface area contributed by atoms with Crippen molar-refractivity contribution < 1.29 is 30.8 Å². The van der Waals surface area contributed by atoms with E-state index in [4.69, 9.17) is 4.42 Å². The third kappa shape index (κ3) is 4.40. The van der Waals surface area contributed by atoms with Gasteiger partial charge in [-0.15, -0.1) is 0 Å². The number of hydrogen-bond acceptors (Lipinski definition) is 5. The number of carbonyl (C=O) groups excluding carboxylic acids is 1. The van der Waals surface area contributed by atoms with Crippen LogP contribution in [0.5, 0.6) is 0 Å². The van der Waals surface area contributed by atoms with Crippen LogP contribution >= 0.6 is 0 Å². The van der Waals surface area contributed by atoms with Crippen LogP contribution in [-0.4, -0.2) is 67.0 Å². The molecule has 0 aliphatic carbocycles. The minimum absolute atomic E-state index is 0.0968. The van der Waals surface area contributed by atoms with E-state index in [0.717, 1.165) is 5.76 Å². The summed E-state index contributed by atoms with van der Waals surface area (Å²) >= 11 is 0. The quantitative estimate of drug-likeness (QED) is 0.778. The Morgan fingerprint density at radius 1 is 1.23 bits per heavy atom. The predicted octanol–water partition coefficient (Wildman–Crippen LogP) is 1.74. The summed E-state index contributed by atoms with van der Waals surface area (Å²) in [7, 11) is -3.35. The molecule has 0 radical (unpaired) electrons. The average molecular weight is 394 g/mol. The first-order valence-corrected chi connectivity index (χ1v) is 10.2. The number of piperazine rings is 1. The lowest BCUT2D eigenvalue weighted by molar-refractivity contribution is -0.152. The number of alkyl halides is 3. The van der Waals surface area contributed by atoms with Gasteiger partial charge in [-0.05, 0) is 19.1 Å². The Balaban J connectivity index is 1.73. The average Bonchev–Trinajstić information content (AvgIpc) is 3.06. The number of carbonyl (C=O) groups is 1. The summed E-state index contributed by atoms with van der Waals surface area (Å²) in [4.78, 5) is 15.5. The zero-order valence-electron chi connectivity index (χ0n) is 14.3. The normalized spacial score (nSPS) is 26.1. The maximum atomic E-state index is 12.4. The lowest BCUT2D eigenvalue weighted by Gasteiger charge is -2.43. The van der Waals surface area contributed by atoms with Gasteiger partial charge in [0.25, 0.3) is 0 Å². The molecule has 26 heavy (non-hydrogen) atoms. The molecule has 1 aromatic rings. The summed E-state index contributed by atoms with van der Waals surface area (Å²) < 4.78 is 67.0. The van der Waals surface area contributed by atoms with Gasteiger partial charge in [0.15, 0.2) is 9.84 Å². The van der Waals surface area contributed by atoms with Crippen molar-refractivity contribution in [2.24, 2.45) is 0 Å². The first-order valence-electron chi connectivity index (χ1n) is 8.40. The predicted molar refractivity (Wildman–Crippen MR) is 87.1 cm³/mol. The number of hydrogen-bond donors (Lipinski definition) is 0. The molecule has 2 saturated heterocycles. The minimum atomic E-state index is -4.41. The molecule has 0 spiro atoms. The minimum Gasteiger partial charge on any atom is -0.465 e. The van der Waals surface area contributed by atoms with Gasteiger partial charge in [-0.3, -0.25) is 9.69 Å². The van der Waals surface area contributed by atoms with E-state index in [1.165, 1.54) is 4.90 Å². The maximum absolute atomic E-state index is 12.4. The Morgan fingerprint density at radius 2 is 1.92 bits per heavy atom. The number of fused-ring (bicyclic) bond motifs is 1. The Morgan fingerprint density at radius 3 is 2.54 bits per heavy atom. The van der Waals surface area contributed by atoms with Gasteiger partial charge in [0.05, 0.1) is 30.5 Å². The van der Waals surface area contributed by atoms with Crippen LogP contribution in [0.15, 0.2) is 16.5 Å². The molecule has 2 fully saturated rings. The molecule has 3 heterocycles. The van der Waals surface area contributed by atoms with E-state index < -0.39 is 46.8 Å². The maximum Gasteiger partial charge on any atom is 0.389 e. The first kappa shape index (κ1) is 19.2. The highest BCUT2D eigenvalue weighted by atomic mass is 32.2. The largest absolute Gasteiger partial charge is 0.465 e. The molecule has 0 unspecified atom stereocenters. The van der Waals surface area contributed by atoms with Crippen molar-refractivity contribution in [3.63, 3.8) is 0 Å². The zero-order chi connectivity index (χ0) is 19.1. The molecule has 10 heteroatoms. The van der Waals surface area contributed by atoms with Crippen molar-refractivity contribution in [3.05, 3.63) is 23.7 Å². The monoisotopic (exact) mass is 394 g/mol. The number of aryl methyl sites for hydroxylation is 1. The van der Waals surface area contributed by atoms with Gasteiger partial charge in [-0.2, -0.15) is 13.2 Å². The Kier molecular flexibility index (Phi) is 5.08. The van der Waals surface area contributed by atoms with Crippen LogP contribution in [-0.2, 0) is 21.2 Å². The van der Waals surface area contributed by atoms with Crippen LogP contribution < -0.4 is 0 Å². The van der Waals surface area contributed by atoms with Crippen molar-refractivity contribution in [3.8, 4) is 0 Å². The highest BCUT2D eigenvalue weighted by Gasteiger charge is 2.48. The van der Waals surface area contributed by atoms with Crippen LogP contribution in [0.3, 0.4) is 0 Å². The highest BCUT2D eigenvalue weighted by Crippen LogP contribution is 2.30. The smallest absolute Gasteiger partial charge is 0.389 e. The second-order valence-electron chi connectivity index (χ2n) is 6.90. The number of sulfone groups is 1. The van der Waals surface area contributed by atoms with Crippen LogP contribution in [0.2, 0.25) is 0 Å². The van der Waals surface area contributed by atoms with Gasteiger partial charge in [0.2, 0.25) is 5.91 Å². The second kappa shape index (κ2) is 6.88. The van der Waals surface area contributed by atoms with Crippen molar-refractivity contribution in [1.82, 2.24) is 9.80 Å². The van der Waals surface area contributed by atoms with E-state index in [1.807, 2.05) is 24.0 Å². The summed E-state index contributed by atoms with van der Waals surface area (Å²) in [5, 5.41) is 0. The third-order valence-corrected chi connectivity index (χ3v) is 6.59. The fourth-order valence-electron chi connectivity index (χ4n) is 3.69. The Hall–Kier alpha value is -1.55. The summed E-state index contributed by atoms with van der Waals surface area (Å²) in [5.41, 5.74) is 0. The molecule has 6 nitrogen and oxygen atoms in total. The summed E-state index contributed by atoms with van der Waals surface area (Å²) in [6.45, 7) is 2.83. The number of rotatable bonds is 4. The van der Waals surface area contributed by atoms with E-state index in [0.29, 0.717) is 18.8 Å². The van der Waals surface area contributed by atoms with Gasteiger partial charge >= 0.3 is 6.18 Å². The zero-order valence-corrected chi connectivity index (χ0v) is 15.1. The Bertz CT molecular complexity index is 775. The van der Waals surface area contributed by atoms with Crippen molar-refractivity contribution >= 4 is 15.7 Å². The van der Waals surface area contributed by atoms with E-state index in [1.54, 1.807) is 0 Å². The molecule has 1 amide bonds. The summed E-state index contributed by atoms with van der Waals surface area (Å²) in [6.07, 6.45) is -6.25. The van der Waals surface area contributed by atoms with Crippen molar-refractivity contribution in [2.45, 2.75) is 44.6 Å². The molecule has 2 aliphatic rings. The number of halogens is 3. The molecule has 0 N–H and O–H groups in total. The molecule has 0 bridgehead atoms.